The standard InChI is InChI=1S/C7H9NO3/c9-5-1-7(3-11-4-7)6(10)8-2-5/h1-4H2,(H,8,10). The van der Waals surface area contributed by atoms with Crippen molar-refractivity contribution >= 4 is 11.7 Å². The third kappa shape index (κ3) is 0.860. The number of rotatable bonds is 0. The zero-order valence-electron chi connectivity index (χ0n) is 6.05. The highest BCUT2D eigenvalue weighted by Crippen LogP contribution is 2.33. The maximum atomic E-state index is 11.2. The van der Waals surface area contributed by atoms with Crippen LogP contribution in [0.1, 0.15) is 6.42 Å². The maximum Gasteiger partial charge on any atom is 0.231 e. The summed E-state index contributed by atoms with van der Waals surface area (Å²) in [6.45, 7) is 1.01. The van der Waals surface area contributed by atoms with E-state index in [0.717, 1.165) is 0 Å². The highest BCUT2D eigenvalue weighted by atomic mass is 16.5. The normalized spacial score (nSPS) is 28.0. The fourth-order valence-corrected chi connectivity index (χ4v) is 1.47. The highest BCUT2D eigenvalue weighted by molar-refractivity contribution is 5.97. The monoisotopic (exact) mass is 155 g/mol. The molecule has 0 aromatic rings. The third-order valence-corrected chi connectivity index (χ3v) is 2.22. The molecule has 2 aliphatic heterocycles. The van der Waals surface area contributed by atoms with Crippen LogP contribution >= 0.6 is 0 Å². The molecule has 0 atom stereocenters. The Hall–Kier alpha value is -0.900. The molecule has 4 heteroatoms. The van der Waals surface area contributed by atoms with Gasteiger partial charge in [0.1, 0.15) is 5.41 Å². The van der Waals surface area contributed by atoms with Crippen LogP contribution in [0.25, 0.3) is 0 Å². The number of hydrogen-bond donors (Lipinski definition) is 1. The summed E-state index contributed by atoms with van der Waals surface area (Å²) in [7, 11) is 0. The molecule has 2 saturated heterocycles. The van der Waals surface area contributed by atoms with E-state index in [9.17, 15) is 9.59 Å². The Morgan fingerprint density at radius 2 is 2.09 bits per heavy atom. The summed E-state index contributed by atoms with van der Waals surface area (Å²) < 4.78 is 4.92. The summed E-state index contributed by atoms with van der Waals surface area (Å²) in [5.41, 5.74) is -0.491. The molecule has 2 fully saturated rings. The molecule has 11 heavy (non-hydrogen) atoms. The molecule has 0 saturated carbocycles. The van der Waals surface area contributed by atoms with Gasteiger partial charge in [-0.05, 0) is 0 Å². The Balaban J connectivity index is 2.16. The van der Waals surface area contributed by atoms with E-state index in [2.05, 4.69) is 5.32 Å². The molecule has 0 aromatic carbocycles. The third-order valence-electron chi connectivity index (χ3n) is 2.22. The van der Waals surface area contributed by atoms with Gasteiger partial charge in [0, 0.05) is 6.42 Å². The van der Waals surface area contributed by atoms with Crippen LogP contribution in [-0.4, -0.2) is 31.4 Å². The van der Waals surface area contributed by atoms with E-state index >= 15 is 0 Å². The summed E-state index contributed by atoms with van der Waals surface area (Å²) in [6.07, 6.45) is 0.360. The van der Waals surface area contributed by atoms with Crippen molar-refractivity contribution < 1.29 is 14.3 Å². The van der Waals surface area contributed by atoms with Crippen LogP contribution in [0.5, 0.6) is 0 Å². The molecule has 2 aliphatic rings. The largest absolute Gasteiger partial charge is 0.379 e. The van der Waals surface area contributed by atoms with Gasteiger partial charge in [-0.3, -0.25) is 9.59 Å². The fourth-order valence-electron chi connectivity index (χ4n) is 1.47. The summed E-state index contributed by atoms with van der Waals surface area (Å²) in [5, 5.41) is 2.56. The topological polar surface area (TPSA) is 55.4 Å². The minimum atomic E-state index is -0.491. The van der Waals surface area contributed by atoms with Crippen molar-refractivity contribution in [2.24, 2.45) is 5.41 Å². The number of piperidine rings is 1. The second-order valence-corrected chi connectivity index (χ2v) is 3.17. The lowest BCUT2D eigenvalue weighted by Crippen LogP contribution is -2.59. The number of carbonyl (C=O) groups is 2. The van der Waals surface area contributed by atoms with Crippen molar-refractivity contribution in [1.29, 1.82) is 0 Å². The van der Waals surface area contributed by atoms with E-state index in [-0.39, 0.29) is 18.2 Å². The summed E-state index contributed by atoms with van der Waals surface area (Å²) in [5.74, 6) is 0.0799. The van der Waals surface area contributed by atoms with E-state index in [4.69, 9.17) is 4.74 Å². The van der Waals surface area contributed by atoms with Crippen molar-refractivity contribution in [2.75, 3.05) is 19.8 Å². The van der Waals surface area contributed by atoms with E-state index in [1.165, 1.54) is 0 Å². The van der Waals surface area contributed by atoms with E-state index in [0.29, 0.717) is 19.6 Å². The molecule has 0 bridgehead atoms. The Kier molecular flexibility index (Phi) is 1.26. The van der Waals surface area contributed by atoms with Crippen LogP contribution in [0.15, 0.2) is 0 Å². The average molecular weight is 155 g/mol. The van der Waals surface area contributed by atoms with Crippen molar-refractivity contribution in [3.8, 4) is 0 Å². The first-order valence-corrected chi connectivity index (χ1v) is 3.61. The predicted molar refractivity (Wildman–Crippen MR) is 35.9 cm³/mol. The Bertz CT molecular complexity index is 220. The molecule has 1 amide bonds. The first kappa shape index (κ1) is 6.79. The number of carbonyl (C=O) groups excluding carboxylic acids is 2. The first-order valence-electron chi connectivity index (χ1n) is 3.61. The van der Waals surface area contributed by atoms with E-state index in [1.807, 2.05) is 0 Å². The van der Waals surface area contributed by atoms with Crippen LogP contribution < -0.4 is 5.32 Å². The van der Waals surface area contributed by atoms with Crippen molar-refractivity contribution in [2.45, 2.75) is 6.42 Å². The average Bonchev–Trinajstić information content (AvgIpc) is 1.91. The van der Waals surface area contributed by atoms with Crippen LogP contribution in [-0.2, 0) is 14.3 Å². The van der Waals surface area contributed by atoms with Crippen LogP contribution in [0.3, 0.4) is 0 Å². The van der Waals surface area contributed by atoms with Gasteiger partial charge in [-0.2, -0.15) is 0 Å². The van der Waals surface area contributed by atoms with Gasteiger partial charge in [0.25, 0.3) is 0 Å². The molecule has 2 rings (SSSR count). The quantitative estimate of drug-likeness (QED) is 0.493. The SMILES string of the molecule is O=C1CNC(=O)C2(COC2)C1. The highest BCUT2D eigenvalue weighted by Gasteiger charge is 2.49. The molecule has 2 heterocycles. The smallest absolute Gasteiger partial charge is 0.231 e. The zero-order chi connectivity index (χ0) is 7.90. The number of Topliss-reactive ketones (excluding diaryl/α,β-unsaturated/α-hetero) is 1. The minimum absolute atomic E-state index is 0.0247. The van der Waals surface area contributed by atoms with Gasteiger partial charge in [-0.25, -0.2) is 0 Å². The molecular formula is C7H9NO3. The van der Waals surface area contributed by atoms with Crippen LogP contribution in [0.2, 0.25) is 0 Å². The number of amides is 1. The van der Waals surface area contributed by atoms with Crippen LogP contribution in [0.4, 0.5) is 0 Å². The van der Waals surface area contributed by atoms with E-state index in [1.54, 1.807) is 0 Å². The van der Waals surface area contributed by atoms with Gasteiger partial charge in [0.05, 0.1) is 19.8 Å². The minimum Gasteiger partial charge on any atom is -0.379 e. The number of ether oxygens (including phenoxy) is 1. The molecule has 60 valence electrons. The number of nitrogens with one attached hydrogen (secondary N) is 1. The lowest BCUT2D eigenvalue weighted by molar-refractivity contribution is -0.170. The molecule has 1 spiro atoms. The lowest BCUT2D eigenvalue weighted by atomic mass is 9.78. The van der Waals surface area contributed by atoms with Gasteiger partial charge in [0.2, 0.25) is 5.91 Å². The first-order chi connectivity index (χ1) is 5.23. The van der Waals surface area contributed by atoms with E-state index < -0.39 is 5.41 Å². The lowest BCUT2D eigenvalue weighted by Gasteiger charge is -2.41. The van der Waals surface area contributed by atoms with Gasteiger partial charge in [-0.1, -0.05) is 0 Å². The summed E-state index contributed by atoms with van der Waals surface area (Å²) in [4.78, 5) is 22.1. The Morgan fingerprint density at radius 1 is 1.36 bits per heavy atom. The van der Waals surface area contributed by atoms with Gasteiger partial charge in [-0.15, -0.1) is 0 Å². The molecule has 1 N–H and O–H groups in total. The molecule has 0 unspecified atom stereocenters. The molecular weight excluding hydrogens is 146 g/mol. The zero-order valence-corrected chi connectivity index (χ0v) is 6.05. The van der Waals surface area contributed by atoms with Gasteiger partial charge >= 0.3 is 0 Å². The fraction of sp³-hybridized carbons (Fsp3) is 0.714. The van der Waals surface area contributed by atoms with Gasteiger partial charge in [0.15, 0.2) is 5.78 Å². The number of hydrogen-bond acceptors (Lipinski definition) is 3. The van der Waals surface area contributed by atoms with Crippen molar-refractivity contribution in [3.05, 3.63) is 0 Å². The Morgan fingerprint density at radius 3 is 2.55 bits per heavy atom. The predicted octanol–water partition coefficient (Wildman–Crippen LogP) is -0.908. The molecule has 0 radical (unpaired) electrons. The molecule has 4 nitrogen and oxygen atoms in total. The summed E-state index contributed by atoms with van der Waals surface area (Å²) in [6, 6.07) is 0. The number of ketones is 1. The van der Waals surface area contributed by atoms with Crippen molar-refractivity contribution in [3.63, 3.8) is 0 Å². The molecule has 0 aliphatic carbocycles. The van der Waals surface area contributed by atoms with Crippen molar-refractivity contribution in [1.82, 2.24) is 5.32 Å². The second kappa shape index (κ2) is 2.04. The maximum absolute atomic E-state index is 11.2. The second-order valence-electron chi connectivity index (χ2n) is 3.17. The van der Waals surface area contributed by atoms with Gasteiger partial charge < -0.3 is 10.1 Å². The molecule has 0 aromatic heterocycles. The summed E-state index contributed by atoms with van der Waals surface area (Å²) >= 11 is 0. The Labute approximate surface area is 63.9 Å². The van der Waals surface area contributed by atoms with Crippen LogP contribution in [0, 0.1) is 5.41 Å².